The number of fused-ring (bicyclic) bond motifs is 1. The summed E-state index contributed by atoms with van der Waals surface area (Å²) in [5.41, 5.74) is 4.53. The smallest absolute Gasteiger partial charge is 0.316 e. The molecule has 0 spiro atoms. The van der Waals surface area contributed by atoms with Gasteiger partial charge in [-0.25, -0.2) is 14.6 Å². The van der Waals surface area contributed by atoms with Crippen molar-refractivity contribution in [3.63, 3.8) is 0 Å². The lowest BCUT2D eigenvalue weighted by Crippen LogP contribution is -2.33. The van der Waals surface area contributed by atoms with Gasteiger partial charge in [0, 0.05) is 47.2 Å². The summed E-state index contributed by atoms with van der Waals surface area (Å²) in [6, 6.07) is 10.8. The second-order valence-electron chi connectivity index (χ2n) is 8.50. The maximum atomic E-state index is 5.06. The lowest BCUT2D eigenvalue weighted by atomic mass is 9.95. The second kappa shape index (κ2) is 8.96. The number of hydrogen-bond acceptors (Lipinski definition) is 8. The maximum Gasteiger partial charge on any atom is 0.316 e. The molecule has 0 radical (unpaired) electrons. The molecule has 0 bridgehead atoms. The number of piperidine rings is 1. The second-order valence-corrected chi connectivity index (χ2v) is 9.53. The van der Waals surface area contributed by atoms with Crippen molar-refractivity contribution in [2.24, 2.45) is 0 Å². The van der Waals surface area contributed by atoms with Gasteiger partial charge in [-0.1, -0.05) is 11.3 Å². The van der Waals surface area contributed by atoms with Crippen LogP contribution in [-0.4, -0.2) is 60.3 Å². The Morgan fingerprint density at radius 1 is 1.21 bits per heavy atom. The van der Waals surface area contributed by atoms with Crippen LogP contribution < -0.4 is 4.74 Å². The molecule has 0 aliphatic carbocycles. The molecule has 1 aromatic carbocycles. The first-order valence-electron chi connectivity index (χ1n) is 11.3. The molecule has 0 unspecified atom stereocenters. The van der Waals surface area contributed by atoms with E-state index >= 15 is 0 Å². The van der Waals surface area contributed by atoms with Gasteiger partial charge >= 0.3 is 6.01 Å². The molecule has 1 aliphatic rings. The van der Waals surface area contributed by atoms with Crippen LogP contribution in [0.2, 0.25) is 0 Å². The summed E-state index contributed by atoms with van der Waals surface area (Å²) in [6.07, 6.45) is 7.81. The van der Waals surface area contributed by atoms with E-state index in [0.717, 1.165) is 59.6 Å². The van der Waals surface area contributed by atoms with Crippen LogP contribution in [0.5, 0.6) is 6.01 Å². The van der Waals surface area contributed by atoms with E-state index in [0.29, 0.717) is 11.9 Å². The molecular formula is C24H24N8OS. The third-order valence-corrected chi connectivity index (χ3v) is 7.15. The highest BCUT2D eigenvalue weighted by Crippen LogP contribution is 2.30. The van der Waals surface area contributed by atoms with Crippen LogP contribution in [-0.2, 0) is 6.54 Å². The van der Waals surface area contributed by atoms with Crippen LogP contribution in [0, 0.1) is 0 Å². The number of H-pyrrole nitrogens is 1. The summed E-state index contributed by atoms with van der Waals surface area (Å²) in [5.74, 6) is 0.395. The van der Waals surface area contributed by atoms with Gasteiger partial charge in [0.15, 0.2) is 0 Å². The summed E-state index contributed by atoms with van der Waals surface area (Å²) in [5, 5.41) is 19.7. The van der Waals surface area contributed by atoms with Crippen LogP contribution in [0.25, 0.3) is 27.8 Å². The topological polar surface area (TPSA) is 97.6 Å². The Kier molecular flexibility index (Phi) is 5.52. The van der Waals surface area contributed by atoms with Crippen molar-refractivity contribution in [1.29, 1.82) is 0 Å². The number of likely N-dealkylation sites (tertiary alicyclic amines) is 1. The Morgan fingerprint density at radius 3 is 2.94 bits per heavy atom. The molecule has 10 heteroatoms. The SMILES string of the molecule is COc1ncc(-c2n[nH]c3ccc(-n4cc([C@@H]5CCCN(Cc6cccs6)C5)nn4)cc23)cn1. The molecule has 1 atom stereocenters. The van der Waals surface area contributed by atoms with Crippen molar-refractivity contribution in [2.45, 2.75) is 25.3 Å². The third-order valence-electron chi connectivity index (χ3n) is 6.29. The zero-order valence-electron chi connectivity index (χ0n) is 18.8. The molecule has 5 aromatic rings. The fourth-order valence-corrected chi connectivity index (χ4v) is 5.31. The Hall–Kier alpha value is -3.63. The van der Waals surface area contributed by atoms with Crippen molar-refractivity contribution >= 4 is 22.2 Å². The fraction of sp³-hybridized carbons (Fsp3) is 0.292. The average molecular weight is 473 g/mol. The fourth-order valence-electron chi connectivity index (χ4n) is 4.56. The van der Waals surface area contributed by atoms with Gasteiger partial charge in [0.1, 0.15) is 5.69 Å². The van der Waals surface area contributed by atoms with Gasteiger partial charge in [-0.3, -0.25) is 10.00 Å². The zero-order valence-corrected chi connectivity index (χ0v) is 19.6. The molecule has 0 amide bonds. The summed E-state index contributed by atoms with van der Waals surface area (Å²) < 4.78 is 6.92. The molecule has 9 nitrogen and oxygen atoms in total. The van der Waals surface area contributed by atoms with E-state index in [-0.39, 0.29) is 0 Å². The van der Waals surface area contributed by atoms with E-state index in [2.05, 4.69) is 65.2 Å². The zero-order chi connectivity index (χ0) is 22.9. The quantitative estimate of drug-likeness (QED) is 0.398. The van der Waals surface area contributed by atoms with Crippen LogP contribution in [0.15, 0.2) is 54.3 Å². The Balaban J connectivity index is 1.24. The monoisotopic (exact) mass is 472 g/mol. The number of hydrogen-bond donors (Lipinski definition) is 1. The first-order chi connectivity index (χ1) is 16.8. The number of thiophene rings is 1. The lowest BCUT2D eigenvalue weighted by molar-refractivity contribution is 0.200. The van der Waals surface area contributed by atoms with E-state index in [1.165, 1.54) is 11.3 Å². The lowest BCUT2D eigenvalue weighted by Gasteiger charge is -2.31. The number of rotatable bonds is 6. The first-order valence-corrected chi connectivity index (χ1v) is 12.2. The third kappa shape index (κ3) is 4.06. The first kappa shape index (κ1) is 20.9. The van der Waals surface area contributed by atoms with Gasteiger partial charge < -0.3 is 4.74 Å². The maximum absolute atomic E-state index is 5.06. The van der Waals surface area contributed by atoms with Crippen LogP contribution in [0.3, 0.4) is 0 Å². The minimum absolute atomic E-state index is 0.330. The molecule has 6 rings (SSSR count). The average Bonchev–Trinajstić information content (AvgIpc) is 3.65. The number of aromatic amines is 1. The van der Waals surface area contributed by atoms with Gasteiger partial charge in [0.25, 0.3) is 0 Å². The largest absolute Gasteiger partial charge is 0.467 e. The molecule has 1 N–H and O–H groups in total. The van der Waals surface area contributed by atoms with Gasteiger partial charge in [0.05, 0.1) is 30.2 Å². The van der Waals surface area contributed by atoms with E-state index < -0.39 is 0 Å². The molecular weight excluding hydrogens is 448 g/mol. The number of aromatic nitrogens is 7. The normalized spacial score (nSPS) is 16.8. The molecule has 1 aliphatic heterocycles. The van der Waals surface area contributed by atoms with Crippen molar-refractivity contribution in [1.82, 2.24) is 40.1 Å². The molecule has 1 saturated heterocycles. The van der Waals surface area contributed by atoms with E-state index in [1.54, 1.807) is 19.5 Å². The van der Waals surface area contributed by atoms with E-state index in [9.17, 15) is 0 Å². The minimum atomic E-state index is 0.330. The minimum Gasteiger partial charge on any atom is -0.467 e. The predicted octanol–water partition coefficient (Wildman–Crippen LogP) is 4.05. The molecule has 4 aromatic heterocycles. The summed E-state index contributed by atoms with van der Waals surface area (Å²) in [4.78, 5) is 12.4. The van der Waals surface area contributed by atoms with Crippen molar-refractivity contribution < 1.29 is 4.74 Å². The predicted molar refractivity (Wildman–Crippen MR) is 130 cm³/mol. The number of nitrogens with one attached hydrogen (secondary N) is 1. The highest BCUT2D eigenvalue weighted by molar-refractivity contribution is 7.09. The van der Waals surface area contributed by atoms with Crippen LogP contribution >= 0.6 is 11.3 Å². The highest BCUT2D eigenvalue weighted by Gasteiger charge is 2.24. The van der Waals surface area contributed by atoms with Crippen molar-refractivity contribution in [3.05, 3.63) is 64.9 Å². The van der Waals surface area contributed by atoms with Gasteiger partial charge in [-0.2, -0.15) is 5.10 Å². The standard InChI is InChI=1S/C24H24N8OS/c1-33-24-25-11-17(12-26-24)23-20-10-18(6-7-21(20)27-29-23)32-15-22(28-30-32)16-4-2-8-31(13-16)14-19-5-3-9-34-19/h3,5-7,9-12,15-16H,2,4,8,13-14H2,1H3,(H,27,29)/t16-/m1/s1. The number of ether oxygens (including phenoxy) is 1. The molecule has 5 heterocycles. The highest BCUT2D eigenvalue weighted by atomic mass is 32.1. The van der Waals surface area contributed by atoms with Crippen LogP contribution in [0.4, 0.5) is 0 Å². The number of nitrogens with zero attached hydrogens (tertiary/aromatic N) is 7. The molecule has 34 heavy (non-hydrogen) atoms. The Labute approximate surface area is 200 Å². The summed E-state index contributed by atoms with van der Waals surface area (Å²) in [7, 11) is 1.55. The summed E-state index contributed by atoms with van der Waals surface area (Å²) in [6.45, 7) is 3.16. The summed E-state index contributed by atoms with van der Waals surface area (Å²) >= 11 is 1.82. The molecule has 172 valence electrons. The number of methoxy groups -OCH3 is 1. The molecule has 1 fully saturated rings. The Bertz CT molecular complexity index is 1390. The van der Waals surface area contributed by atoms with Crippen molar-refractivity contribution in [2.75, 3.05) is 20.2 Å². The van der Waals surface area contributed by atoms with E-state index in [4.69, 9.17) is 4.74 Å². The van der Waals surface area contributed by atoms with Gasteiger partial charge in [-0.15, -0.1) is 16.4 Å². The van der Waals surface area contributed by atoms with Gasteiger partial charge in [-0.05, 0) is 49.0 Å². The van der Waals surface area contributed by atoms with Crippen molar-refractivity contribution in [3.8, 4) is 23.0 Å². The molecule has 0 saturated carbocycles. The number of benzene rings is 1. The Morgan fingerprint density at radius 2 is 2.12 bits per heavy atom. The van der Waals surface area contributed by atoms with Crippen LogP contribution in [0.1, 0.15) is 29.3 Å². The van der Waals surface area contributed by atoms with E-state index in [1.807, 2.05) is 28.2 Å². The van der Waals surface area contributed by atoms with Gasteiger partial charge in [0.2, 0.25) is 0 Å².